The topological polar surface area (TPSA) is 29.0 Å². The quantitative estimate of drug-likeness (QED) is 0.776. The molecule has 0 aliphatic heterocycles. The zero-order valence-electron chi connectivity index (χ0n) is 10.3. The maximum absolute atomic E-state index is 12.5. The van der Waals surface area contributed by atoms with E-state index in [0.717, 1.165) is 4.90 Å². The third-order valence-electron chi connectivity index (χ3n) is 2.18. The van der Waals surface area contributed by atoms with Crippen molar-refractivity contribution in [3.63, 3.8) is 0 Å². The SMILES string of the molecule is CCCN(CC(F)(F)F)c1nc(C)cc(CCl)n1. The Kier molecular flexibility index (Phi) is 5.19. The molecule has 0 fully saturated rings. The largest absolute Gasteiger partial charge is 0.406 e. The van der Waals surface area contributed by atoms with E-state index in [0.29, 0.717) is 17.8 Å². The summed E-state index contributed by atoms with van der Waals surface area (Å²) in [5, 5.41) is 0. The maximum Gasteiger partial charge on any atom is 0.406 e. The maximum atomic E-state index is 12.5. The van der Waals surface area contributed by atoms with Crippen LogP contribution in [0.15, 0.2) is 6.07 Å². The van der Waals surface area contributed by atoms with E-state index in [1.165, 1.54) is 0 Å². The van der Waals surface area contributed by atoms with Crippen molar-refractivity contribution in [2.75, 3.05) is 18.0 Å². The second kappa shape index (κ2) is 6.22. The van der Waals surface area contributed by atoms with Crippen molar-refractivity contribution in [1.29, 1.82) is 0 Å². The number of hydrogen-bond acceptors (Lipinski definition) is 3. The summed E-state index contributed by atoms with van der Waals surface area (Å²) < 4.78 is 37.4. The molecule has 1 rings (SSSR count). The van der Waals surface area contributed by atoms with Crippen LogP contribution >= 0.6 is 11.6 Å². The Balaban J connectivity index is 3.01. The number of alkyl halides is 4. The number of aromatic nitrogens is 2. The fourth-order valence-electron chi connectivity index (χ4n) is 1.56. The molecule has 1 aromatic heterocycles. The second-order valence-corrected chi connectivity index (χ2v) is 4.24. The van der Waals surface area contributed by atoms with Crippen LogP contribution in [0.3, 0.4) is 0 Å². The minimum absolute atomic E-state index is 0.0878. The van der Waals surface area contributed by atoms with Crippen molar-refractivity contribution < 1.29 is 13.2 Å². The fraction of sp³-hybridized carbons (Fsp3) is 0.636. The molecule has 0 unspecified atom stereocenters. The lowest BCUT2D eigenvalue weighted by Gasteiger charge is -2.23. The average molecular weight is 282 g/mol. The van der Waals surface area contributed by atoms with Gasteiger partial charge in [0, 0.05) is 12.2 Å². The van der Waals surface area contributed by atoms with Gasteiger partial charge in [-0.1, -0.05) is 6.92 Å². The minimum atomic E-state index is -4.27. The number of anilines is 1. The van der Waals surface area contributed by atoms with Gasteiger partial charge < -0.3 is 4.90 Å². The zero-order chi connectivity index (χ0) is 13.8. The molecule has 0 saturated carbocycles. The van der Waals surface area contributed by atoms with Gasteiger partial charge in [-0.05, 0) is 19.4 Å². The van der Waals surface area contributed by atoms with Crippen molar-refractivity contribution in [3.05, 3.63) is 17.5 Å². The van der Waals surface area contributed by atoms with Crippen LogP contribution in [0.2, 0.25) is 0 Å². The lowest BCUT2D eigenvalue weighted by atomic mass is 10.3. The van der Waals surface area contributed by atoms with Crippen LogP contribution in [-0.2, 0) is 5.88 Å². The Labute approximate surface area is 109 Å². The summed E-state index contributed by atoms with van der Waals surface area (Å²) in [7, 11) is 0. The molecule has 1 heterocycles. The first-order valence-corrected chi connectivity index (χ1v) is 6.11. The molecule has 0 spiro atoms. The average Bonchev–Trinajstić information content (AvgIpc) is 2.26. The Morgan fingerprint density at radius 1 is 1.33 bits per heavy atom. The minimum Gasteiger partial charge on any atom is -0.332 e. The van der Waals surface area contributed by atoms with E-state index in [1.807, 2.05) is 6.92 Å². The molecule has 1 aromatic rings. The normalized spacial score (nSPS) is 11.7. The van der Waals surface area contributed by atoms with Gasteiger partial charge in [-0.15, -0.1) is 11.6 Å². The van der Waals surface area contributed by atoms with E-state index in [4.69, 9.17) is 11.6 Å². The van der Waals surface area contributed by atoms with Crippen LogP contribution in [0.4, 0.5) is 19.1 Å². The first kappa shape index (κ1) is 15.0. The van der Waals surface area contributed by atoms with E-state index in [9.17, 15) is 13.2 Å². The summed E-state index contributed by atoms with van der Waals surface area (Å²) in [6, 6.07) is 1.66. The van der Waals surface area contributed by atoms with Crippen LogP contribution in [0.1, 0.15) is 24.7 Å². The molecule has 7 heteroatoms. The number of nitrogens with zero attached hydrogens (tertiary/aromatic N) is 3. The molecule has 0 aliphatic carbocycles. The molecular weight excluding hydrogens is 267 g/mol. The standard InChI is InChI=1S/C11H15ClF3N3/c1-3-4-18(7-11(13,14)15)10-16-8(2)5-9(6-12)17-10/h5H,3-4,6-7H2,1-2H3. The van der Waals surface area contributed by atoms with Crippen molar-refractivity contribution in [2.45, 2.75) is 32.3 Å². The van der Waals surface area contributed by atoms with Crippen LogP contribution in [0.25, 0.3) is 0 Å². The number of aryl methyl sites for hydroxylation is 1. The van der Waals surface area contributed by atoms with Crippen molar-refractivity contribution in [3.8, 4) is 0 Å². The molecule has 0 aliphatic rings. The molecule has 0 aromatic carbocycles. The van der Waals surface area contributed by atoms with Crippen molar-refractivity contribution in [2.24, 2.45) is 0 Å². The monoisotopic (exact) mass is 281 g/mol. The van der Waals surface area contributed by atoms with Gasteiger partial charge >= 0.3 is 6.18 Å². The van der Waals surface area contributed by atoms with E-state index in [2.05, 4.69) is 9.97 Å². The van der Waals surface area contributed by atoms with Gasteiger partial charge in [-0.2, -0.15) is 13.2 Å². The van der Waals surface area contributed by atoms with E-state index < -0.39 is 12.7 Å². The van der Waals surface area contributed by atoms with E-state index in [1.54, 1.807) is 13.0 Å². The Hall–Kier alpha value is -1.04. The molecule has 3 nitrogen and oxygen atoms in total. The van der Waals surface area contributed by atoms with E-state index >= 15 is 0 Å². The highest BCUT2D eigenvalue weighted by atomic mass is 35.5. The first-order chi connectivity index (χ1) is 8.35. The molecule has 102 valence electrons. The molecule has 18 heavy (non-hydrogen) atoms. The van der Waals surface area contributed by atoms with Gasteiger partial charge in [0.1, 0.15) is 6.54 Å². The molecule has 0 bridgehead atoms. The van der Waals surface area contributed by atoms with Gasteiger partial charge in [0.25, 0.3) is 0 Å². The molecule has 0 amide bonds. The smallest absolute Gasteiger partial charge is 0.332 e. The summed E-state index contributed by atoms with van der Waals surface area (Å²) >= 11 is 5.65. The highest BCUT2D eigenvalue weighted by molar-refractivity contribution is 6.16. The highest BCUT2D eigenvalue weighted by Crippen LogP contribution is 2.20. The number of hydrogen-bond donors (Lipinski definition) is 0. The summed E-state index contributed by atoms with van der Waals surface area (Å²) in [5.74, 6) is 0.243. The van der Waals surface area contributed by atoms with Gasteiger partial charge in [0.05, 0.1) is 11.6 Å². The summed E-state index contributed by atoms with van der Waals surface area (Å²) in [5.41, 5.74) is 1.14. The lowest BCUT2D eigenvalue weighted by Crippen LogP contribution is -2.36. The third kappa shape index (κ3) is 4.68. The van der Waals surface area contributed by atoms with Crippen LogP contribution in [0.5, 0.6) is 0 Å². The molecule has 0 N–H and O–H groups in total. The predicted molar refractivity (Wildman–Crippen MR) is 64.9 cm³/mol. The first-order valence-electron chi connectivity index (χ1n) is 5.58. The van der Waals surface area contributed by atoms with Crippen LogP contribution < -0.4 is 4.90 Å². The molecular formula is C11H15ClF3N3. The third-order valence-corrected chi connectivity index (χ3v) is 2.45. The van der Waals surface area contributed by atoms with Gasteiger partial charge in [-0.25, -0.2) is 9.97 Å². The van der Waals surface area contributed by atoms with Crippen molar-refractivity contribution >= 4 is 17.5 Å². The number of rotatable bonds is 5. The highest BCUT2D eigenvalue weighted by Gasteiger charge is 2.31. The summed E-state index contributed by atoms with van der Waals surface area (Å²) in [6.45, 7) is 2.72. The van der Waals surface area contributed by atoms with Crippen LogP contribution in [0, 0.1) is 6.92 Å². The van der Waals surface area contributed by atoms with Crippen LogP contribution in [-0.4, -0.2) is 29.2 Å². The molecule has 0 saturated heterocycles. The Morgan fingerprint density at radius 3 is 2.50 bits per heavy atom. The number of halogens is 4. The zero-order valence-corrected chi connectivity index (χ0v) is 11.0. The molecule has 0 radical (unpaired) electrons. The van der Waals surface area contributed by atoms with Crippen molar-refractivity contribution in [1.82, 2.24) is 9.97 Å². The van der Waals surface area contributed by atoms with Gasteiger partial charge in [0.15, 0.2) is 0 Å². The molecule has 0 atom stereocenters. The second-order valence-electron chi connectivity index (χ2n) is 3.97. The van der Waals surface area contributed by atoms with Gasteiger partial charge in [-0.3, -0.25) is 0 Å². The van der Waals surface area contributed by atoms with Gasteiger partial charge in [0.2, 0.25) is 5.95 Å². The summed E-state index contributed by atoms with van der Waals surface area (Å²) in [4.78, 5) is 9.21. The lowest BCUT2D eigenvalue weighted by molar-refractivity contribution is -0.119. The Morgan fingerprint density at radius 2 is 2.00 bits per heavy atom. The fourth-order valence-corrected chi connectivity index (χ4v) is 1.70. The Bertz CT molecular complexity index is 396. The van der Waals surface area contributed by atoms with E-state index in [-0.39, 0.29) is 18.4 Å². The summed E-state index contributed by atoms with van der Waals surface area (Å²) in [6.07, 6.45) is -3.69. The predicted octanol–water partition coefficient (Wildman–Crippen LogP) is 3.30.